The van der Waals surface area contributed by atoms with Crippen molar-refractivity contribution in [1.29, 1.82) is 0 Å². The first-order valence-electron chi connectivity index (χ1n) is 7.31. The Morgan fingerprint density at radius 2 is 2.10 bits per heavy atom. The fraction of sp³-hybridized carbons (Fsp3) is 0.800. The Morgan fingerprint density at radius 3 is 2.55 bits per heavy atom. The summed E-state index contributed by atoms with van der Waals surface area (Å²) >= 11 is 0.442. The fourth-order valence-electron chi connectivity index (χ4n) is 1.97. The molecule has 1 aliphatic heterocycles. The van der Waals surface area contributed by atoms with Gasteiger partial charge in [0.05, 0.1) is 0 Å². The van der Waals surface area contributed by atoms with E-state index in [4.69, 9.17) is 4.43 Å². The van der Waals surface area contributed by atoms with Crippen molar-refractivity contribution in [2.24, 2.45) is 5.92 Å². The van der Waals surface area contributed by atoms with E-state index in [0.717, 1.165) is 11.7 Å². The molecule has 1 amide bonds. The summed E-state index contributed by atoms with van der Waals surface area (Å²) in [7, 11) is -1.80. The second-order valence-corrected chi connectivity index (χ2v) is 14.4. The molecule has 0 aliphatic carbocycles. The van der Waals surface area contributed by atoms with Crippen molar-refractivity contribution < 1.29 is 9.22 Å². The van der Waals surface area contributed by atoms with Gasteiger partial charge in [-0.15, -0.1) is 0 Å². The first kappa shape index (κ1) is 18.0. The predicted molar refractivity (Wildman–Crippen MR) is 88.5 cm³/mol. The minimum atomic E-state index is -1.80. The van der Waals surface area contributed by atoms with Crippen molar-refractivity contribution >= 4 is 29.2 Å². The van der Waals surface area contributed by atoms with E-state index in [1.165, 1.54) is 0 Å². The average Bonchev–Trinajstić information content (AvgIpc) is 2.25. The van der Waals surface area contributed by atoms with E-state index in [0.29, 0.717) is 19.9 Å². The molecule has 0 spiro atoms. The molecule has 0 aromatic rings. The zero-order valence-corrected chi connectivity index (χ0v) is 16.4. The van der Waals surface area contributed by atoms with Crippen molar-refractivity contribution in [2.45, 2.75) is 68.6 Å². The van der Waals surface area contributed by atoms with Crippen LogP contribution in [0.4, 0.5) is 0 Å². The van der Waals surface area contributed by atoms with Crippen molar-refractivity contribution in [3.8, 4) is 0 Å². The third kappa shape index (κ3) is 4.20. The average molecular weight is 362 g/mol. The standard InChI is InChI=1S/C15H29NO2SeSi/c1-8-9-10-19-14-12(13(17)16-14)11(2)18-20(6,7)15(3,4)5/h8,11-12,14H,1,9-10H2,2-7H3,(H,16,17)/t11-,12+,14-/m1/s1. The van der Waals surface area contributed by atoms with Crippen LogP contribution in [0.1, 0.15) is 34.1 Å². The van der Waals surface area contributed by atoms with E-state index in [1.54, 1.807) is 0 Å². The number of carbonyl (C=O) groups excluding carboxylic acids is 1. The maximum absolute atomic E-state index is 11.9. The first-order chi connectivity index (χ1) is 9.10. The molecule has 1 heterocycles. The second-order valence-electron chi connectivity index (χ2n) is 6.99. The number of nitrogens with one attached hydrogen (secondary N) is 1. The number of rotatable bonds is 7. The summed E-state index contributed by atoms with van der Waals surface area (Å²) in [4.78, 5) is 12.2. The molecule has 0 bridgehead atoms. The van der Waals surface area contributed by atoms with Gasteiger partial charge >= 0.3 is 131 Å². The fourth-order valence-corrected chi connectivity index (χ4v) is 6.14. The van der Waals surface area contributed by atoms with Crippen LogP contribution in [-0.4, -0.2) is 40.2 Å². The van der Waals surface area contributed by atoms with Gasteiger partial charge in [0.2, 0.25) is 0 Å². The first-order valence-corrected chi connectivity index (χ1v) is 12.4. The van der Waals surface area contributed by atoms with E-state index in [2.05, 4.69) is 52.7 Å². The van der Waals surface area contributed by atoms with Gasteiger partial charge in [0.1, 0.15) is 0 Å². The molecule has 20 heavy (non-hydrogen) atoms. The van der Waals surface area contributed by atoms with Gasteiger partial charge in [-0.1, -0.05) is 0 Å². The molecule has 0 unspecified atom stereocenters. The van der Waals surface area contributed by atoms with Crippen LogP contribution < -0.4 is 5.32 Å². The van der Waals surface area contributed by atoms with Gasteiger partial charge in [-0.3, -0.25) is 0 Å². The van der Waals surface area contributed by atoms with E-state index in [9.17, 15) is 4.79 Å². The predicted octanol–water partition coefficient (Wildman–Crippen LogP) is 3.17. The SMILES string of the molecule is C=CCC[Se][C@H]1NC(=O)[C@@H]1[C@@H](C)O[Si](C)(C)C(C)(C)C. The van der Waals surface area contributed by atoms with Crippen LogP contribution in [0.5, 0.6) is 0 Å². The van der Waals surface area contributed by atoms with Gasteiger partial charge in [0.15, 0.2) is 0 Å². The molecule has 1 rings (SSSR count). The summed E-state index contributed by atoms with van der Waals surface area (Å²) in [5.41, 5.74) is 0. The molecular formula is C15H29NO2SeSi. The van der Waals surface area contributed by atoms with Crippen molar-refractivity contribution in [1.82, 2.24) is 5.32 Å². The number of hydrogen-bond acceptors (Lipinski definition) is 2. The maximum atomic E-state index is 11.9. The molecule has 1 N–H and O–H groups in total. The van der Waals surface area contributed by atoms with E-state index < -0.39 is 8.32 Å². The van der Waals surface area contributed by atoms with Crippen molar-refractivity contribution in [2.75, 3.05) is 0 Å². The van der Waals surface area contributed by atoms with E-state index >= 15 is 0 Å². The van der Waals surface area contributed by atoms with Gasteiger partial charge in [0, 0.05) is 0 Å². The van der Waals surface area contributed by atoms with Crippen molar-refractivity contribution in [3.63, 3.8) is 0 Å². The van der Waals surface area contributed by atoms with Crippen LogP contribution in [0.15, 0.2) is 12.7 Å². The molecule has 0 radical (unpaired) electrons. The Bertz CT molecular complexity index is 365. The Morgan fingerprint density at radius 1 is 1.50 bits per heavy atom. The van der Waals surface area contributed by atoms with Gasteiger partial charge in [-0.2, -0.15) is 0 Å². The Balaban J connectivity index is 2.59. The van der Waals surface area contributed by atoms with E-state index in [-0.39, 0.29) is 23.0 Å². The van der Waals surface area contributed by atoms with Crippen LogP contribution in [0, 0.1) is 5.92 Å². The minimum absolute atomic E-state index is 0.0280. The van der Waals surface area contributed by atoms with Crippen LogP contribution in [0.3, 0.4) is 0 Å². The molecule has 0 aromatic carbocycles. The Hall–Kier alpha value is -0.0936. The molecule has 5 heteroatoms. The third-order valence-corrected chi connectivity index (χ3v) is 11.5. The zero-order valence-electron chi connectivity index (χ0n) is 13.7. The topological polar surface area (TPSA) is 38.3 Å². The second kappa shape index (κ2) is 6.78. The molecule has 3 nitrogen and oxygen atoms in total. The molecule has 1 saturated heterocycles. The number of carbonyl (C=O) groups is 1. The summed E-state index contributed by atoms with van der Waals surface area (Å²) in [5.74, 6) is 0.218. The monoisotopic (exact) mass is 363 g/mol. The van der Waals surface area contributed by atoms with Gasteiger partial charge in [-0.05, 0) is 0 Å². The summed E-state index contributed by atoms with van der Waals surface area (Å²) in [6, 6.07) is 0. The van der Waals surface area contributed by atoms with Gasteiger partial charge in [-0.25, -0.2) is 0 Å². The molecular weight excluding hydrogens is 333 g/mol. The normalized spacial score (nSPS) is 24.8. The summed E-state index contributed by atoms with van der Waals surface area (Å²) in [6.07, 6.45) is 3.02. The Kier molecular flexibility index (Phi) is 6.09. The summed E-state index contributed by atoms with van der Waals surface area (Å²) < 4.78 is 6.38. The molecule has 1 aliphatic rings. The molecule has 1 fully saturated rings. The number of amides is 1. The number of β-lactam (4-membered cyclic amide) rings is 1. The quantitative estimate of drug-likeness (QED) is 0.327. The number of allylic oxidation sites excluding steroid dienone is 1. The molecule has 116 valence electrons. The van der Waals surface area contributed by atoms with Crippen LogP contribution >= 0.6 is 0 Å². The van der Waals surface area contributed by atoms with Gasteiger partial charge in [0.25, 0.3) is 0 Å². The number of hydrogen-bond donors (Lipinski definition) is 1. The Labute approximate surface area is 131 Å². The van der Waals surface area contributed by atoms with Gasteiger partial charge < -0.3 is 0 Å². The van der Waals surface area contributed by atoms with Crippen LogP contribution in [-0.2, 0) is 9.22 Å². The molecule has 0 saturated carbocycles. The zero-order chi connectivity index (χ0) is 15.6. The molecule has 3 atom stereocenters. The third-order valence-electron chi connectivity index (χ3n) is 4.33. The van der Waals surface area contributed by atoms with E-state index in [1.807, 2.05) is 6.08 Å². The summed E-state index contributed by atoms with van der Waals surface area (Å²) in [6.45, 7) is 17.0. The van der Waals surface area contributed by atoms with Crippen molar-refractivity contribution in [3.05, 3.63) is 12.7 Å². The van der Waals surface area contributed by atoms with Crippen LogP contribution in [0.25, 0.3) is 0 Å². The molecule has 0 aromatic heterocycles. The summed E-state index contributed by atoms with van der Waals surface area (Å²) in [5, 5.41) is 4.38. The van der Waals surface area contributed by atoms with Crippen LogP contribution in [0.2, 0.25) is 23.5 Å².